The highest BCUT2D eigenvalue weighted by atomic mass is 16.3. The summed E-state index contributed by atoms with van der Waals surface area (Å²) in [5, 5.41) is 14.2. The third kappa shape index (κ3) is 2.90. The molecule has 1 saturated heterocycles. The molecule has 2 aromatic heterocycles. The lowest BCUT2D eigenvalue weighted by atomic mass is 9.95. The lowest BCUT2D eigenvalue weighted by Crippen LogP contribution is -2.47. The first-order valence-electron chi connectivity index (χ1n) is 6.62. The topological polar surface area (TPSA) is 131 Å². The maximum Gasteiger partial charge on any atom is 0.258 e. The Bertz CT molecular complexity index is 612. The van der Waals surface area contributed by atoms with Crippen LogP contribution in [0.5, 0.6) is 0 Å². The van der Waals surface area contributed by atoms with Crippen molar-refractivity contribution in [1.29, 1.82) is 0 Å². The molecular formula is C11H17N9O. The molecule has 1 aliphatic heterocycles. The fourth-order valence-corrected chi connectivity index (χ4v) is 2.36. The Morgan fingerprint density at radius 1 is 1.33 bits per heavy atom. The van der Waals surface area contributed by atoms with E-state index in [1.807, 2.05) is 4.90 Å². The average Bonchev–Trinajstić information content (AvgIpc) is 3.00. The van der Waals surface area contributed by atoms with Crippen molar-refractivity contribution in [1.82, 2.24) is 29.7 Å². The summed E-state index contributed by atoms with van der Waals surface area (Å²) >= 11 is 0. The molecule has 0 amide bonds. The minimum atomic E-state index is -0.755. The van der Waals surface area contributed by atoms with E-state index in [0.29, 0.717) is 18.4 Å². The summed E-state index contributed by atoms with van der Waals surface area (Å²) in [6, 6.07) is 0. The maximum absolute atomic E-state index is 10.2. The van der Waals surface area contributed by atoms with Gasteiger partial charge in [0.25, 0.3) is 5.95 Å². The van der Waals surface area contributed by atoms with E-state index >= 15 is 0 Å². The molecule has 2 aromatic rings. The first-order valence-corrected chi connectivity index (χ1v) is 6.62. The third-order valence-corrected chi connectivity index (χ3v) is 3.32. The lowest BCUT2D eigenvalue weighted by molar-refractivity contribution is 0.0444. The van der Waals surface area contributed by atoms with Crippen LogP contribution >= 0.6 is 0 Å². The zero-order valence-electron chi connectivity index (χ0n) is 11.6. The molecule has 0 bridgehead atoms. The number of hydrazine groups is 1. The Hall–Kier alpha value is -2.33. The number of hydrogen-bond donors (Lipinski definition) is 3. The monoisotopic (exact) mass is 291 g/mol. The number of β-amino-alcohol motifs (C(OH)–C–C–N with tert-alkyl or cyclic N) is 1. The summed E-state index contributed by atoms with van der Waals surface area (Å²) in [6.07, 6.45) is 4.51. The number of piperidine rings is 1. The van der Waals surface area contributed by atoms with Gasteiger partial charge in [-0.3, -0.25) is 5.43 Å². The van der Waals surface area contributed by atoms with Crippen LogP contribution in [0.25, 0.3) is 5.95 Å². The maximum atomic E-state index is 10.2. The molecule has 0 radical (unpaired) electrons. The van der Waals surface area contributed by atoms with E-state index in [0.717, 1.165) is 19.4 Å². The number of anilines is 2. The molecular weight excluding hydrogens is 274 g/mol. The Morgan fingerprint density at radius 2 is 2.14 bits per heavy atom. The lowest BCUT2D eigenvalue weighted by Gasteiger charge is -2.36. The minimum Gasteiger partial charge on any atom is -0.388 e. The van der Waals surface area contributed by atoms with Gasteiger partial charge in [0.1, 0.15) is 12.7 Å². The summed E-state index contributed by atoms with van der Waals surface area (Å²) in [5.74, 6) is 6.40. The first-order chi connectivity index (χ1) is 10.1. The summed E-state index contributed by atoms with van der Waals surface area (Å²) in [5.41, 5.74) is 1.66. The van der Waals surface area contributed by atoms with Gasteiger partial charge in [0.15, 0.2) is 0 Å². The van der Waals surface area contributed by atoms with Crippen molar-refractivity contribution in [3.8, 4) is 5.95 Å². The molecule has 3 heterocycles. The van der Waals surface area contributed by atoms with Gasteiger partial charge >= 0.3 is 0 Å². The molecule has 1 unspecified atom stereocenters. The van der Waals surface area contributed by atoms with Crippen molar-refractivity contribution in [2.24, 2.45) is 5.84 Å². The SMILES string of the molecule is CC1(O)CCCN(c2nc(NN)nc(-n3cncn3)n2)C1. The molecule has 4 N–H and O–H groups in total. The number of aliphatic hydroxyl groups is 1. The van der Waals surface area contributed by atoms with E-state index in [4.69, 9.17) is 5.84 Å². The zero-order chi connectivity index (χ0) is 14.9. The van der Waals surface area contributed by atoms with Crippen LogP contribution < -0.4 is 16.2 Å². The van der Waals surface area contributed by atoms with Gasteiger partial charge in [-0.25, -0.2) is 10.8 Å². The number of nitrogen functional groups attached to an aromatic ring is 1. The molecule has 1 aliphatic rings. The van der Waals surface area contributed by atoms with Crippen molar-refractivity contribution < 1.29 is 5.11 Å². The van der Waals surface area contributed by atoms with Gasteiger partial charge in [0.2, 0.25) is 11.9 Å². The van der Waals surface area contributed by atoms with E-state index in [-0.39, 0.29) is 5.95 Å². The van der Waals surface area contributed by atoms with Crippen LogP contribution in [0.1, 0.15) is 19.8 Å². The van der Waals surface area contributed by atoms with Gasteiger partial charge in [0.05, 0.1) is 5.60 Å². The molecule has 0 aliphatic carbocycles. The summed E-state index contributed by atoms with van der Waals surface area (Å²) in [7, 11) is 0. The predicted octanol–water partition coefficient (Wildman–Crippen LogP) is -0.911. The van der Waals surface area contributed by atoms with Gasteiger partial charge in [-0.1, -0.05) is 0 Å². The molecule has 0 aromatic carbocycles. The number of nitrogens with two attached hydrogens (primary N) is 1. The molecule has 112 valence electrons. The molecule has 21 heavy (non-hydrogen) atoms. The second-order valence-corrected chi connectivity index (χ2v) is 5.27. The summed E-state index contributed by atoms with van der Waals surface area (Å²) < 4.78 is 1.42. The van der Waals surface area contributed by atoms with Crippen LogP contribution in [0.4, 0.5) is 11.9 Å². The Kier molecular flexibility index (Phi) is 3.39. The Labute approximate surface area is 121 Å². The van der Waals surface area contributed by atoms with Crippen molar-refractivity contribution in [2.75, 3.05) is 23.4 Å². The van der Waals surface area contributed by atoms with Crippen LogP contribution in [0, 0.1) is 0 Å². The summed E-state index contributed by atoms with van der Waals surface area (Å²) in [4.78, 5) is 18.5. The highest BCUT2D eigenvalue weighted by molar-refractivity contribution is 5.40. The minimum absolute atomic E-state index is 0.232. The van der Waals surface area contributed by atoms with Crippen molar-refractivity contribution >= 4 is 11.9 Å². The van der Waals surface area contributed by atoms with Crippen molar-refractivity contribution in [3.63, 3.8) is 0 Å². The molecule has 0 spiro atoms. The normalized spacial score (nSPS) is 22.3. The van der Waals surface area contributed by atoms with Gasteiger partial charge in [-0.2, -0.15) is 24.7 Å². The van der Waals surface area contributed by atoms with Crippen LogP contribution in [0.15, 0.2) is 12.7 Å². The highest BCUT2D eigenvalue weighted by Crippen LogP contribution is 2.24. The van der Waals surface area contributed by atoms with E-state index in [1.54, 1.807) is 6.92 Å². The second-order valence-electron chi connectivity index (χ2n) is 5.27. The zero-order valence-corrected chi connectivity index (χ0v) is 11.6. The van der Waals surface area contributed by atoms with E-state index in [1.165, 1.54) is 17.3 Å². The molecule has 10 nitrogen and oxygen atoms in total. The van der Waals surface area contributed by atoms with Gasteiger partial charge in [-0.05, 0) is 19.8 Å². The largest absolute Gasteiger partial charge is 0.388 e. The van der Waals surface area contributed by atoms with Crippen LogP contribution in [-0.4, -0.2) is 53.5 Å². The third-order valence-electron chi connectivity index (χ3n) is 3.32. The number of rotatable bonds is 3. The van der Waals surface area contributed by atoms with E-state index in [9.17, 15) is 5.11 Å². The molecule has 1 fully saturated rings. The standard InChI is InChI=1S/C11H17N9O/c1-11(21)3-2-4-19(5-11)9-15-8(18-12)16-10(17-9)20-7-13-6-14-20/h6-7,21H,2-5,12H2,1H3,(H,15,16,17,18). The van der Waals surface area contributed by atoms with Crippen LogP contribution in [-0.2, 0) is 0 Å². The Morgan fingerprint density at radius 3 is 2.81 bits per heavy atom. The predicted molar refractivity (Wildman–Crippen MR) is 74.6 cm³/mol. The number of nitrogens with one attached hydrogen (secondary N) is 1. The molecule has 3 rings (SSSR count). The van der Waals surface area contributed by atoms with E-state index < -0.39 is 5.60 Å². The fraction of sp³-hybridized carbons (Fsp3) is 0.545. The molecule has 1 atom stereocenters. The molecule has 0 saturated carbocycles. The van der Waals surface area contributed by atoms with Crippen molar-refractivity contribution in [3.05, 3.63) is 12.7 Å². The van der Waals surface area contributed by atoms with Gasteiger partial charge in [0, 0.05) is 13.1 Å². The fourth-order valence-electron chi connectivity index (χ4n) is 2.36. The summed E-state index contributed by atoms with van der Waals surface area (Å²) in [6.45, 7) is 3.03. The average molecular weight is 291 g/mol. The smallest absolute Gasteiger partial charge is 0.258 e. The second kappa shape index (κ2) is 5.22. The first kappa shape index (κ1) is 13.6. The molecule has 10 heteroatoms. The number of aromatic nitrogens is 6. The van der Waals surface area contributed by atoms with Crippen LogP contribution in [0.2, 0.25) is 0 Å². The highest BCUT2D eigenvalue weighted by Gasteiger charge is 2.30. The van der Waals surface area contributed by atoms with Gasteiger partial charge < -0.3 is 10.0 Å². The number of hydrogen-bond acceptors (Lipinski definition) is 9. The number of nitrogens with zero attached hydrogens (tertiary/aromatic N) is 7. The van der Waals surface area contributed by atoms with Crippen molar-refractivity contribution in [2.45, 2.75) is 25.4 Å². The van der Waals surface area contributed by atoms with E-state index in [2.05, 4.69) is 30.5 Å². The quantitative estimate of drug-likeness (QED) is 0.485. The van der Waals surface area contributed by atoms with Gasteiger partial charge in [-0.15, -0.1) is 0 Å². The van der Waals surface area contributed by atoms with Crippen LogP contribution in [0.3, 0.4) is 0 Å². The Balaban J connectivity index is 1.96.